The average molecular weight is 500 g/mol. The molecular weight excluding hydrogens is 472 g/mol. The van der Waals surface area contributed by atoms with Gasteiger partial charge in [0.05, 0.1) is 11.6 Å². The van der Waals surface area contributed by atoms with Gasteiger partial charge in [0.25, 0.3) is 5.91 Å². The van der Waals surface area contributed by atoms with Crippen molar-refractivity contribution in [3.63, 3.8) is 0 Å². The maximum absolute atomic E-state index is 13.3. The minimum Gasteiger partial charge on any atom is -0.496 e. The van der Waals surface area contributed by atoms with Crippen LogP contribution in [0.4, 0.5) is 0 Å². The van der Waals surface area contributed by atoms with E-state index in [1.165, 1.54) is 4.58 Å². The molecule has 1 heterocycles. The molecule has 3 aliphatic rings. The summed E-state index contributed by atoms with van der Waals surface area (Å²) in [5.41, 5.74) is 1.47. The van der Waals surface area contributed by atoms with Crippen LogP contribution < -0.4 is 10.1 Å². The van der Waals surface area contributed by atoms with Gasteiger partial charge in [-0.1, -0.05) is 25.1 Å². The number of amides is 2. The number of rotatable bonds is 5. The normalized spacial score (nSPS) is 26.0. The number of nitrogens with zero attached hydrogens (tertiary/aromatic N) is 1. The number of halogens is 1. The Morgan fingerprint density at radius 3 is 2.78 bits per heavy atom. The minimum atomic E-state index is -0.408. The molecule has 168 valence electrons. The number of benzene rings is 1. The van der Waals surface area contributed by atoms with Crippen molar-refractivity contribution in [2.75, 3.05) is 13.7 Å². The third-order valence-corrected chi connectivity index (χ3v) is 6.75. The summed E-state index contributed by atoms with van der Waals surface area (Å²) in [5, 5.41) is 3.12. The van der Waals surface area contributed by atoms with Crippen LogP contribution in [0.2, 0.25) is 0 Å². The van der Waals surface area contributed by atoms with E-state index in [2.05, 4.69) is 28.2 Å². The molecule has 0 radical (unpaired) electrons. The fraction of sp³-hybridized carbons (Fsp3) is 0.400. The molecule has 0 aromatic heterocycles. The minimum absolute atomic E-state index is 0.0259. The summed E-state index contributed by atoms with van der Waals surface area (Å²) in [5.74, 6) is 1.16. The van der Waals surface area contributed by atoms with Gasteiger partial charge in [-0.25, -0.2) is 4.79 Å². The average Bonchev–Trinajstić information content (AvgIpc) is 2.78. The van der Waals surface area contributed by atoms with Crippen LogP contribution in [0.1, 0.15) is 38.2 Å². The highest BCUT2D eigenvalue weighted by molar-refractivity contribution is 9.10. The largest absolute Gasteiger partial charge is 0.496 e. The van der Waals surface area contributed by atoms with Crippen LogP contribution in [-0.4, -0.2) is 47.9 Å². The predicted octanol–water partition coefficient (Wildman–Crippen LogP) is 4.00. The molecule has 1 atom stereocenters. The molecule has 32 heavy (non-hydrogen) atoms. The summed E-state index contributed by atoms with van der Waals surface area (Å²) in [4.78, 5) is 26.1. The van der Waals surface area contributed by atoms with E-state index in [0.29, 0.717) is 17.4 Å². The Kier molecular flexibility index (Phi) is 6.94. The van der Waals surface area contributed by atoms with E-state index in [1.54, 1.807) is 13.2 Å². The number of ether oxygens (including phenoxy) is 2. The predicted molar refractivity (Wildman–Crippen MR) is 127 cm³/mol. The molecule has 0 spiro atoms. The Hall–Kier alpha value is -2.67. The molecule has 1 aliphatic heterocycles. The van der Waals surface area contributed by atoms with Crippen molar-refractivity contribution >= 4 is 39.5 Å². The van der Waals surface area contributed by atoms with Crippen LogP contribution in [-0.2, 0) is 14.3 Å². The molecular formula is C25H28BrN2O4+. The lowest BCUT2D eigenvalue weighted by atomic mass is 9.87. The lowest BCUT2D eigenvalue weighted by Crippen LogP contribution is -2.48. The second-order valence-electron chi connectivity index (χ2n) is 8.53. The Bertz CT molecular complexity index is 1030. The van der Waals surface area contributed by atoms with Crippen LogP contribution >= 0.6 is 15.9 Å². The van der Waals surface area contributed by atoms with Gasteiger partial charge in [-0.2, -0.15) is 0 Å². The molecule has 1 saturated carbocycles. The number of methoxy groups -OCH3 is 1. The van der Waals surface area contributed by atoms with Gasteiger partial charge in [0, 0.05) is 12.1 Å². The zero-order chi connectivity index (χ0) is 22.7. The number of carbonyl (C=O) groups is 2. The van der Waals surface area contributed by atoms with Gasteiger partial charge in [-0.05, 0) is 77.4 Å². The van der Waals surface area contributed by atoms with Gasteiger partial charge in [-0.15, -0.1) is 4.58 Å². The van der Waals surface area contributed by atoms with Gasteiger partial charge < -0.3 is 14.8 Å². The molecule has 1 unspecified atom stereocenters. The van der Waals surface area contributed by atoms with Gasteiger partial charge in [0.1, 0.15) is 5.75 Å². The van der Waals surface area contributed by atoms with Crippen molar-refractivity contribution < 1.29 is 23.6 Å². The second-order valence-corrected chi connectivity index (χ2v) is 9.38. The number of carbonyl (C=O) groups excluding carboxylic acids is 2. The number of hydrogen-bond acceptors (Lipinski definition) is 4. The molecule has 1 aromatic rings. The van der Waals surface area contributed by atoms with E-state index in [1.807, 2.05) is 42.5 Å². The summed E-state index contributed by atoms with van der Waals surface area (Å²) >= 11 is 3.47. The van der Waals surface area contributed by atoms with Crippen molar-refractivity contribution in [2.45, 2.75) is 44.8 Å². The molecule has 7 heteroatoms. The van der Waals surface area contributed by atoms with Gasteiger partial charge in [0.2, 0.25) is 24.1 Å². The van der Waals surface area contributed by atoms with Crippen LogP contribution in [0.3, 0.4) is 0 Å². The van der Waals surface area contributed by atoms with Crippen molar-refractivity contribution in [3.8, 4) is 5.75 Å². The maximum atomic E-state index is 13.3. The fourth-order valence-corrected chi connectivity index (χ4v) is 4.86. The zero-order valence-corrected chi connectivity index (χ0v) is 19.9. The highest BCUT2D eigenvalue weighted by Crippen LogP contribution is 2.28. The van der Waals surface area contributed by atoms with Crippen LogP contribution in [0.25, 0.3) is 6.08 Å². The third kappa shape index (κ3) is 5.04. The molecule has 1 fully saturated rings. The summed E-state index contributed by atoms with van der Waals surface area (Å²) in [6.45, 7) is 2.22. The Morgan fingerprint density at radius 1 is 1.28 bits per heavy atom. The van der Waals surface area contributed by atoms with Gasteiger partial charge in [0.15, 0.2) is 0 Å². The van der Waals surface area contributed by atoms with Crippen molar-refractivity contribution in [3.05, 3.63) is 58.3 Å². The first-order chi connectivity index (χ1) is 15.4. The Labute approximate surface area is 196 Å². The molecule has 1 aromatic carbocycles. The molecule has 0 bridgehead atoms. The Morgan fingerprint density at radius 2 is 2.06 bits per heavy atom. The first kappa shape index (κ1) is 22.5. The van der Waals surface area contributed by atoms with Gasteiger partial charge in [-0.3, -0.25) is 4.79 Å². The molecule has 2 amide bonds. The van der Waals surface area contributed by atoms with E-state index in [0.717, 1.165) is 35.7 Å². The van der Waals surface area contributed by atoms with Crippen LogP contribution in [0, 0.1) is 5.92 Å². The van der Waals surface area contributed by atoms with Crippen molar-refractivity contribution in [1.29, 1.82) is 0 Å². The molecule has 2 aliphatic carbocycles. The highest BCUT2D eigenvalue weighted by atomic mass is 79.9. The van der Waals surface area contributed by atoms with Crippen LogP contribution in [0.5, 0.6) is 5.75 Å². The number of hydrogen-bond donors (Lipinski definition) is 1. The van der Waals surface area contributed by atoms with Crippen LogP contribution in [0.15, 0.2) is 52.7 Å². The summed E-state index contributed by atoms with van der Waals surface area (Å²) < 4.78 is 13.6. The SMILES string of the molecule is COc1ccc(/C=C2\OC3C=CC=CC3=[N+](CC(=O)NC3CCC(C)CC3)C2=O)cc1Br. The first-order valence-corrected chi connectivity index (χ1v) is 11.8. The lowest BCUT2D eigenvalue weighted by Gasteiger charge is -2.27. The molecule has 6 nitrogen and oxygen atoms in total. The lowest BCUT2D eigenvalue weighted by molar-refractivity contribution is -0.443. The standard InChI is InChI=1S/C25H27BrN2O4/c1-16-7-10-18(11-8-16)27-24(29)15-28-20-5-3-4-6-22(20)32-23(25(28)30)14-17-9-12-21(31-2)19(26)13-17/h3-6,9,12-14,16,18,22H,7-8,10-11,15H2,1-2H3/p+1/b23-14-. The summed E-state index contributed by atoms with van der Waals surface area (Å²) in [6.07, 6.45) is 13.0. The number of nitrogens with one attached hydrogen (secondary N) is 1. The fourth-order valence-electron chi connectivity index (χ4n) is 4.30. The van der Waals surface area contributed by atoms with Crippen molar-refractivity contribution in [2.24, 2.45) is 5.92 Å². The smallest absolute Gasteiger partial charge is 0.455 e. The molecule has 0 saturated heterocycles. The van der Waals surface area contributed by atoms with E-state index >= 15 is 0 Å². The second kappa shape index (κ2) is 9.86. The van der Waals surface area contributed by atoms with E-state index in [-0.39, 0.29) is 30.2 Å². The van der Waals surface area contributed by atoms with E-state index < -0.39 is 6.10 Å². The summed E-state index contributed by atoms with van der Waals surface area (Å²) in [6, 6.07) is 5.72. The quantitative estimate of drug-likeness (QED) is 0.491. The molecule has 1 N–H and O–H groups in total. The number of allylic oxidation sites excluding steroid dienone is 2. The topological polar surface area (TPSA) is 67.6 Å². The first-order valence-electron chi connectivity index (χ1n) is 11.0. The zero-order valence-electron chi connectivity index (χ0n) is 18.3. The third-order valence-electron chi connectivity index (χ3n) is 6.13. The molecule has 4 rings (SSSR count). The van der Waals surface area contributed by atoms with E-state index in [9.17, 15) is 9.59 Å². The monoisotopic (exact) mass is 499 g/mol. The highest BCUT2D eigenvalue weighted by Gasteiger charge is 2.41. The van der Waals surface area contributed by atoms with E-state index in [4.69, 9.17) is 9.47 Å². The Balaban J connectivity index is 1.56. The maximum Gasteiger partial charge on any atom is 0.455 e. The van der Waals surface area contributed by atoms with Crippen molar-refractivity contribution in [1.82, 2.24) is 5.32 Å². The summed E-state index contributed by atoms with van der Waals surface area (Å²) in [7, 11) is 1.60. The number of fused-ring (bicyclic) bond motifs is 1. The van der Waals surface area contributed by atoms with Gasteiger partial charge >= 0.3 is 5.91 Å².